The van der Waals surface area contributed by atoms with Crippen LogP contribution in [-0.2, 0) is 16.6 Å². The number of sulfonamides is 1. The molecule has 1 N–H and O–H groups in total. The Bertz CT molecular complexity index is 525. The van der Waals surface area contributed by atoms with E-state index in [4.69, 9.17) is 9.84 Å². The monoisotopic (exact) mass is 287 g/mol. The standard InChI is InChI=1S/C13H21NO4S/c1-10(2)8-14(3)19(16,17)13-7-11(9-15)5-6-12(13)18-4/h5-7,10,15H,8-9H2,1-4H3. The van der Waals surface area contributed by atoms with Gasteiger partial charge in [-0.05, 0) is 23.6 Å². The predicted octanol–water partition coefficient (Wildman–Crippen LogP) is 1.46. The molecule has 1 aromatic rings. The number of methoxy groups -OCH3 is 1. The molecule has 0 saturated heterocycles. The maximum Gasteiger partial charge on any atom is 0.246 e. The number of rotatable bonds is 6. The van der Waals surface area contributed by atoms with Crippen LogP contribution in [0, 0.1) is 5.92 Å². The second-order valence-electron chi connectivity index (χ2n) is 4.82. The van der Waals surface area contributed by atoms with Gasteiger partial charge in [-0.3, -0.25) is 0 Å². The first-order valence-corrected chi connectivity index (χ1v) is 7.51. The third kappa shape index (κ3) is 3.68. The predicted molar refractivity (Wildman–Crippen MR) is 73.6 cm³/mol. The van der Waals surface area contributed by atoms with Crippen LogP contribution >= 0.6 is 0 Å². The van der Waals surface area contributed by atoms with Crippen molar-refractivity contribution >= 4 is 10.0 Å². The van der Waals surface area contributed by atoms with Crippen LogP contribution in [0.25, 0.3) is 0 Å². The maximum atomic E-state index is 12.5. The van der Waals surface area contributed by atoms with Crippen molar-refractivity contribution in [2.45, 2.75) is 25.3 Å². The molecule has 0 aliphatic carbocycles. The lowest BCUT2D eigenvalue weighted by Gasteiger charge is -2.20. The van der Waals surface area contributed by atoms with Gasteiger partial charge >= 0.3 is 0 Å². The molecule has 0 spiro atoms. The Morgan fingerprint density at radius 1 is 1.37 bits per heavy atom. The summed E-state index contributed by atoms with van der Waals surface area (Å²) >= 11 is 0. The molecule has 0 radical (unpaired) electrons. The number of hydrogen-bond donors (Lipinski definition) is 1. The van der Waals surface area contributed by atoms with Gasteiger partial charge in [0.2, 0.25) is 10.0 Å². The van der Waals surface area contributed by atoms with Crippen molar-refractivity contribution in [3.63, 3.8) is 0 Å². The van der Waals surface area contributed by atoms with Crippen LogP contribution in [0.5, 0.6) is 5.75 Å². The van der Waals surface area contributed by atoms with Gasteiger partial charge in [0.25, 0.3) is 0 Å². The van der Waals surface area contributed by atoms with Crippen molar-refractivity contribution in [3.8, 4) is 5.75 Å². The van der Waals surface area contributed by atoms with Crippen molar-refractivity contribution in [3.05, 3.63) is 23.8 Å². The first-order valence-electron chi connectivity index (χ1n) is 6.07. The van der Waals surface area contributed by atoms with Crippen molar-refractivity contribution in [1.29, 1.82) is 0 Å². The Morgan fingerprint density at radius 2 is 2.00 bits per heavy atom. The van der Waals surface area contributed by atoms with Gasteiger partial charge in [-0.15, -0.1) is 0 Å². The van der Waals surface area contributed by atoms with E-state index < -0.39 is 10.0 Å². The minimum Gasteiger partial charge on any atom is -0.495 e. The van der Waals surface area contributed by atoms with Gasteiger partial charge in [0.05, 0.1) is 13.7 Å². The molecule has 0 aliphatic rings. The molecule has 19 heavy (non-hydrogen) atoms. The highest BCUT2D eigenvalue weighted by Gasteiger charge is 2.25. The van der Waals surface area contributed by atoms with Gasteiger partial charge in [-0.2, -0.15) is 0 Å². The first-order chi connectivity index (χ1) is 8.82. The van der Waals surface area contributed by atoms with Crippen LogP contribution in [0.2, 0.25) is 0 Å². The van der Waals surface area contributed by atoms with Crippen molar-refractivity contribution in [2.24, 2.45) is 5.92 Å². The number of aliphatic hydroxyl groups is 1. The summed E-state index contributed by atoms with van der Waals surface area (Å²) in [7, 11) is -0.644. The number of hydrogen-bond acceptors (Lipinski definition) is 4. The fourth-order valence-corrected chi connectivity index (χ4v) is 3.34. The molecule has 6 heteroatoms. The van der Waals surface area contributed by atoms with Crippen LogP contribution < -0.4 is 4.74 Å². The molecule has 0 aromatic heterocycles. The summed E-state index contributed by atoms with van der Waals surface area (Å²) in [6, 6.07) is 4.65. The fraction of sp³-hybridized carbons (Fsp3) is 0.538. The van der Waals surface area contributed by atoms with Gasteiger partial charge in [0, 0.05) is 13.6 Å². The molecule has 1 rings (SSSR count). The highest BCUT2D eigenvalue weighted by molar-refractivity contribution is 7.89. The topological polar surface area (TPSA) is 66.8 Å². The van der Waals surface area contributed by atoms with Crippen molar-refractivity contribution in [1.82, 2.24) is 4.31 Å². The van der Waals surface area contributed by atoms with E-state index in [1.807, 2.05) is 13.8 Å². The van der Waals surface area contributed by atoms with Crippen LogP contribution in [0.3, 0.4) is 0 Å². The zero-order valence-corrected chi connectivity index (χ0v) is 12.6. The van der Waals surface area contributed by atoms with Gasteiger partial charge in [-0.1, -0.05) is 19.9 Å². The van der Waals surface area contributed by atoms with E-state index in [-0.39, 0.29) is 23.2 Å². The molecule has 0 atom stereocenters. The number of aliphatic hydroxyl groups excluding tert-OH is 1. The molecular formula is C13H21NO4S. The molecule has 5 nitrogen and oxygen atoms in total. The van der Waals surface area contributed by atoms with E-state index in [0.29, 0.717) is 12.1 Å². The Kier molecular flexibility index (Phi) is 5.34. The number of benzene rings is 1. The van der Waals surface area contributed by atoms with Gasteiger partial charge in [-0.25, -0.2) is 12.7 Å². The second kappa shape index (κ2) is 6.36. The van der Waals surface area contributed by atoms with Gasteiger partial charge in [0.1, 0.15) is 10.6 Å². The summed E-state index contributed by atoms with van der Waals surface area (Å²) in [5, 5.41) is 9.13. The zero-order chi connectivity index (χ0) is 14.6. The van der Waals surface area contributed by atoms with Crippen LogP contribution in [-0.4, -0.2) is 38.5 Å². The highest BCUT2D eigenvalue weighted by atomic mass is 32.2. The molecule has 0 amide bonds. The molecule has 0 aliphatic heterocycles. The SMILES string of the molecule is COc1ccc(CO)cc1S(=O)(=O)N(C)CC(C)C. The summed E-state index contributed by atoms with van der Waals surface area (Å²) in [5.41, 5.74) is 0.539. The van der Waals surface area contributed by atoms with Crippen LogP contribution in [0.4, 0.5) is 0 Å². The Hall–Kier alpha value is -1.11. The van der Waals surface area contributed by atoms with E-state index in [1.165, 1.54) is 17.5 Å². The quantitative estimate of drug-likeness (QED) is 0.860. The normalized spacial score (nSPS) is 12.2. The second-order valence-corrected chi connectivity index (χ2v) is 6.84. The summed E-state index contributed by atoms with van der Waals surface area (Å²) in [5.74, 6) is 0.514. The Labute approximate surface area is 114 Å². The van der Waals surface area contributed by atoms with E-state index >= 15 is 0 Å². The molecule has 1 aromatic carbocycles. The molecule has 0 unspecified atom stereocenters. The molecule has 0 fully saturated rings. The van der Waals surface area contributed by atoms with Gasteiger partial charge < -0.3 is 9.84 Å². The summed E-state index contributed by atoms with van der Waals surface area (Å²) in [6.07, 6.45) is 0. The first kappa shape index (κ1) is 15.9. The lowest BCUT2D eigenvalue weighted by molar-refractivity contribution is 0.281. The minimum atomic E-state index is -3.61. The lowest BCUT2D eigenvalue weighted by Crippen LogP contribution is -2.30. The molecule has 108 valence electrons. The van der Waals surface area contributed by atoms with E-state index in [2.05, 4.69) is 0 Å². The summed E-state index contributed by atoms with van der Waals surface area (Å²) in [4.78, 5) is 0.0877. The van der Waals surface area contributed by atoms with E-state index in [9.17, 15) is 8.42 Å². The average molecular weight is 287 g/mol. The Morgan fingerprint density at radius 3 is 2.47 bits per heavy atom. The number of nitrogens with zero attached hydrogens (tertiary/aromatic N) is 1. The van der Waals surface area contributed by atoms with Crippen LogP contribution in [0.1, 0.15) is 19.4 Å². The summed E-state index contributed by atoms with van der Waals surface area (Å²) in [6.45, 7) is 4.12. The third-order valence-corrected chi connectivity index (χ3v) is 4.57. The van der Waals surface area contributed by atoms with E-state index in [1.54, 1.807) is 19.2 Å². The number of ether oxygens (including phenoxy) is 1. The summed E-state index contributed by atoms with van der Waals surface area (Å²) < 4.78 is 31.4. The zero-order valence-electron chi connectivity index (χ0n) is 11.8. The fourth-order valence-electron chi connectivity index (χ4n) is 1.80. The lowest BCUT2D eigenvalue weighted by atomic mass is 10.2. The van der Waals surface area contributed by atoms with Crippen molar-refractivity contribution in [2.75, 3.05) is 20.7 Å². The molecular weight excluding hydrogens is 266 g/mol. The minimum absolute atomic E-state index is 0.0877. The van der Waals surface area contributed by atoms with Crippen molar-refractivity contribution < 1.29 is 18.3 Å². The highest BCUT2D eigenvalue weighted by Crippen LogP contribution is 2.27. The molecule has 0 heterocycles. The largest absolute Gasteiger partial charge is 0.495 e. The maximum absolute atomic E-state index is 12.5. The Balaban J connectivity index is 3.26. The molecule has 0 saturated carbocycles. The molecule has 0 bridgehead atoms. The average Bonchev–Trinajstić information content (AvgIpc) is 2.37. The van der Waals surface area contributed by atoms with Crippen LogP contribution in [0.15, 0.2) is 23.1 Å². The smallest absolute Gasteiger partial charge is 0.246 e. The van der Waals surface area contributed by atoms with E-state index in [0.717, 1.165) is 0 Å². The van der Waals surface area contributed by atoms with Gasteiger partial charge in [0.15, 0.2) is 0 Å². The third-order valence-electron chi connectivity index (χ3n) is 2.72.